The quantitative estimate of drug-likeness (QED) is 0.594. The first-order chi connectivity index (χ1) is 11.7. The van der Waals surface area contributed by atoms with Gasteiger partial charge < -0.3 is 18.7 Å². The Kier molecular flexibility index (Phi) is 3.46. The third kappa shape index (κ3) is 2.50. The lowest BCUT2D eigenvalue weighted by molar-refractivity contribution is 0.573. The van der Waals surface area contributed by atoms with Gasteiger partial charge in [0.25, 0.3) is 0 Å². The minimum Gasteiger partial charge on any atom is -0.463 e. The maximum atomic E-state index is 5.54. The number of hydrogen-bond acceptors (Lipinski definition) is 4. The van der Waals surface area contributed by atoms with Crippen molar-refractivity contribution in [2.45, 2.75) is 0 Å². The fourth-order valence-corrected chi connectivity index (χ4v) is 2.62. The number of aromatic nitrogens is 2. The lowest BCUT2D eigenvalue weighted by Gasteiger charge is -2.12. The van der Waals surface area contributed by atoms with Gasteiger partial charge in [0.2, 0.25) is 0 Å². The highest BCUT2D eigenvalue weighted by Crippen LogP contribution is 2.33. The Bertz CT molecular complexity index is 866. The van der Waals surface area contributed by atoms with Crippen molar-refractivity contribution in [2.24, 2.45) is 0 Å². The SMILES string of the molecule is CN(C)c1ccc(-c2nc(-c3ccco3)c(-c3ccco3)[nH]2)cc1. The first kappa shape index (κ1) is 14.4. The van der Waals surface area contributed by atoms with Gasteiger partial charge in [0.05, 0.1) is 12.5 Å². The minimum atomic E-state index is 0.703. The normalized spacial score (nSPS) is 10.9. The van der Waals surface area contributed by atoms with Gasteiger partial charge in [-0.25, -0.2) is 4.98 Å². The maximum Gasteiger partial charge on any atom is 0.154 e. The van der Waals surface area contributed by atoms with E-state index in [-0.39, 0.29) is 0 Å². The predicted molar refractivity (Wildman–Crippen MR) is 93.8 cm³/mol. The summed E-state index contributed by atoms with van der Waals surface area (Å²) in [5, 5.41) is 0. The third-order valence-corrected chi connectivity index (χ3v) is 3.88. The minimum absolute atomic E-state index is 0.703. The molecule has 0 amide bonds. The molecule has 4 aromatic rings. The van der Waals surface area contributed by atoms with Crippen LogP contribution in [0.15, 0.2) is 69.9 Å². The molecular weight excluding hydrogens is 302 g/mol. The smallest absolute Gasteiger partial charge is 0.154 e. The van der Waals surface area contributed by atoms with Crippen LogP contribution in [0.4, 0.5) is 5.69 Å². The first-order valence-corrected chi connectivity index (χ1v) is 7.68. The highest BCUT2D eigenvalue weighted by atomic mass is 16.3. The van der Waals surface area contributed by atoms with Gasteiger partial charge >= 0.3 is 0 Å². The standard InChI is InChI=1S/C19H17N3O2/c1-22(2)14-9-7-13(8-10-14)19-20-17(15-5-3-11-23-15)18(21-19)16-6-4-12-24-16/h3-12H,1-2H3,(H,20,21). The van der Waals surface area contributed by atoms with Crippen molar-refractivity contribution in [1.82, 2.24) is 9.97 Å². The number of nitrogens with zero attached hydrogens (tertiary/aromatic N) is 2. The Labute approximate surface area is 139 Å². The summed E-state index contributed by atoms with van der Waals surface area (Å²) in [5.41, 5.74) is 3.69. The first-order valence-electron chi connectivity index (χ1n) is 7.68. The van der Waals surface area contributed by atoms with E-state index in [9.17, 15) is 0 Å². The van der Waals surface area contributed by atoms with E-state index in [1.807, 2.05) is 50.5 Å². The molecule has 1 N–H and O–H groups in total. The van der Waals surface area contributed by atoms with Crippen LogP contribution in [0, 0.1) is 0 Å². The number of anilines is 1. The average molecular weight is 319 g/mol. The molecule has 0 bridgehead atoms. The van der Waals surface area contributed by atoms with Crippen molar-refractivity contribution in [3.63, 3.8) is 0 Å². The summed E-state index contributed by atoms with van der Waals surface area (Å²) in [6.45, 7) is 0. The van der Waals surface area contributed by atoms with E-state index >= 15 is 0 Å². The number of H-pyrrole nitrogens is 1. The zero-order chi connectivity index (χ0) is 16.5. The molecular formula is C19H17N3O2. The van der Waals surface area contributed by atoms with Gasteiger partial charge in [0.1, 0.15) is 17.2 Å². The third-order valence-electron chi connectivity index (χ3n) is 3.88. The van der Waals surface area contributed by atoms with Crippen molar-refractivity contribution >= 4 is 5.69 Å². The van der Waals surface area contributed by atoms with E-state index in [4.69, 9.17) is 13.8 Å². The summed E-state index contributed by atoms with van der Waals surface area (Å²) < 4.78 is 11.1. The highest BCUT2D eigenvalue weighted by Gasteiger charge is 2.18. The van der Waals surface area contributed by atoms with Crippen LogP contribution in [-0.4, -0.2) is 24.1 Å². The molecule has 0 fully saturated rings. The van der Waals surface area contributed by atoms with Gasteiger partial charge in [0, 0.05) is 25.3 Å². The molecule has 0 aliphatic carbocycles. The van der Waals surface area contributed by atoms with Gasteiger partial charge in [-0.05, 0) is 48.5 Å². The molecule has 3 aromatic heterocycles. The Morgan fingerprint density at radius 1 is 0.875 bits per heavy atom. The molecule has 0 radical (unpaired) electrons. The van der Waals surface area contributed by atoms with E-state index in [2.05, 4.69) is 22.0 Å². The molecule has 0 saturated carbocycles. The molecule has 5 heteroatoms. The summed E-state index contributed by atoms with van der Waals surface area (Å²) in [7, 11) is 4.04. The lowest BCUT2D eigenvalue weighted by atomic mass is 10.2. The predicted octanol–water partition coefficient (Wildman–Crippen LogP) is 4.66. The van der Waals surface area contributed by atoms with Crippen LogP contribution in [0.1, 0.15) is 0 Å². The van der Waals surface area contributed by atoms with Gasteiger partial charge in [0.15, 0.2) is 11.5 Å². The Balaban J connectivity index is 1.81. The van der Waals surface area contributed by atoms with Crippen molar-refractivity contribution in [3.8, 4) is 34.3 Å². The van der Waals surface area contributed by atoms with Crippen LogP contribution in [0.3, 0.4) is 0 Å². The highest BCUT2D eigenvalue weighted by molar-refractivity contribution is 5.77. The zero-order valence-electron chi connectivity index (χ0n) is 13.5. The molecule has 0 aliphatic rings. The molecule has 120 valence electrons. The maximum absolute atomic E-state index is 5.54. The largest absolute Gasteiger partial charge is 0.463 e. The monoisotopic (exact) mass is 319 g/mol. The number of nitrogens with one attached hydrogen (secondary N) is 1. The average Bonchev–Trinajstić information content (AvgIpc) is 3.33. The van der Waals surface area contributed by atoms with Crippen LogP contribution < -0.4 is 4.90 Å². The molecule has 3 heterocycles. The van der Waals surface area contributed by atoms with Crippen LogP contribution in [0.2, 0.25) is 0 Å². The number of hydrogen-bond donors (Lipinski definition) is 1. The topological polar surface area (TPSA) is 58.2 Å². The molecule has 0 atom stereocenters. The van der Waals surface area contributed by atoms with Gasteiger partial charge in [-0.2, -0.15) is 0 Å². The Morgan fingerprint density at radius 3 is 2.12 bits per heavy atom. The second-order valence-corrected chi connectivity index (χ2v) is 5.70. The second-order valence-electron chi connectivity index (χ2n) is 5.70. The number of aromatic amines is 1. The Hall–Kier alpha value is -3.21. The van der Waals surface area contributed by atoms with Crippen molar-refractivity contribution in [2.75, 3.05) is 19.0 Å². The summed E-state index contributed by atoms with van der Waals surface area (Å²) in [5.74, 6) is 2.21. The molecule has 0 spiro atoms. The summed E-state index contributed by atoms with van der Waals surface area (Å²) in [4.78, 5) is 10.2. The van der Waals surface area contributed by atoms with Crippen molar-refractivity contribution < 1.29 is 8.83 Å². The lowest BCUT2D eigenvalue weighted by Crippen LogP contribution is -2.07. The van der Waals surface area contributed by atoms with E-state index in [1.54, 1.807) is 12.5 Å². The zero-order valence-corrected chi connectivity index (χ0v) is 13.5. The number of furan rings is 2. The van der Waals surface area contributed by atoms with E-state index in [1.165, 1.54) is 0 Å². The van der Waals surface area contributed by atoms with E-state index in [0.29, 0.717) is 5.76 Å². The summed E-state index contributed by atoms with van der Waals surface area (Å²) in [6, 6.07) is 15.7. The Morgan fingerprint density at radius 2 is 1.54 bits per heavy atom. The fraction of sp³-hybridized carbons (Fsp3) is 0.105. The number of benzene rings is 1. The van der Waals surface area contributed by atoms with Crippen LogP contribution in [0.5, 0.6) is 0 Å². The second kappa shape index (κ2) is 5.77. The molecule has 4 rings (SSSR count). The molecule has 5 nitrogen and oxygen atoms in total. The van der Waals surface area contributed by atoms with Crippen molar-refractivity contribution in [1.29, 1.82) is 0 Å². The van der Waals surface area contributed by atoms with E-state index < -0.39 is 0 Å². The molecule has 0 unspecified atom stereocenters. The number of imidazole rings is 1. The molecule has 24 heavy (non-hydrogen) atoms. The molecule has 0 aliphatic heterocycles. The van der Waals surface area contributed by atoms with E-state index in [0.717, 1.165) is 34.2 Å². The fourth-order valence-electron chi connectivity index (χ4n) is 2.62. The van der Waals surface area contributed by atoms with Crippen molar-refractivity contribution in [3.05, 3.63) is 61.1 Å². The van der Waals surface area contributed by atoms with Gasteiger partial charge in [-0.1, -0.05) is 0 Å². The summed E-state index contributed by atoms with van der Waals surface area (Å²) >= 11 is 0. The summed E-state index contributed by atoms with van der Waals surface area (Å²) in [6.07, 6.45) is 3.29. The van der Waals surface area contributed by atoms with Gasteiger partial charge in [-0.3, -0.25) is 0 Å². The van der Waals surface area contributed by atoms with Crippen LogP contribution in [-0.2, 0) is 0 Å². The molecule has 1 aromatic carbocycles. The number of rotatable bonds is 4. The van der Waals surface area contributed by atoms with Crippen LogP contribution in [0.25, 0.3) is 34.3 Å². The van der Waals surface area contributed by atoms with Crippen LogP contribution >= 0.6 is 0 Å². The van der Waals surface area contributed by atoms with Gasteiger partial charge in [-0.15, -0.1) is 0 Å². The molecule has 0 saturated heterocycles.